The molecular weight excluding hydrogens is 200 g/mol. The molecule has 14 heavy (non-hydrogen) atoms. The van der Waals surface area contributed by atoms with E-state index in [0.29, 0.717) is 6.42 Å². The molecule has 0 aromatic rings. The predicted octanol–water partition coefficient (Wildman–Crippen LogP) is 0.366. The molecule has 0 aromatic heterocycles. The number of nitrogens with one attached hydrogen (secondary N) is 1. The van der Waals surface area contributed by atoms with E-state index in [9.17, 15) is 9.59 Å². The molecule has 0 aromatic carbocycles. The lowest BCUT2D eigenvalue weighted by Gasteiger charge is -2.18. The number of primary amides is 1. The molecule has 0 bridgehead atoms. The second kappa shape index (κ2) is 6.70. The number of rotatable bonds is 6. The Kier molecular flexibility index (Phi) is 6.36. The van der Waals surface area contributed by atoms with Gasteiger partial charge in [0.25, 0.3) is 0 Å². The normalized spacial score (nSPS) is 12.6. The molecule has 2 amide bonds. The van der Waals surface area contributed by atoms with Gasteiger partial charge in [0, 0.05) is 12.2 Å². The number of thioether (sulfide) groups is 1. The van der Waals surface area contributed by atoms with Crippen LogP contribution in [0.5, 0.6) is 0 Å². The summed E-state index contributed by atoms with van der Waals surface area (Å²) in [4.78, 5) is 22.2. The van der Waals surface area contributed by atoms with Crippen molar-refractivity contribution in [1.29, 1.82) is 0 Å². The van der Waals surface area contributed by atoms with Crippen LogP contribution in [0, 0.1) is 5.92 Å². The summed E-state index contributed by atoms with van der Waals surface area (Å²) >= 11 is 1.60. The minimum absolute atomic E-state index is 0.0331. The number of hydrogen-bond donors (Lipinski definition) is 2. The van der Waals surface area contributed by atoms with Gasteiger partial charge in [-0.1, -0.05) is 13.8 Å². The van der Waals surface area contributed by atoms with Crippen molar-refractivity contribution in [3.63, 3.8) is 0 Å². The molecule has 0 heterocycles. The van der Waals surface area contributed by atoms with E-state index in [1.807, 2.05) is 20.1 Å². The van der Waals surface area contributed by atoms with E-state index in [-0.39, 0.29) is 11.8 Å². The number of carbonyl (C=O) groups is 2. The Labute approximate surface area is 89.0 Å². The van der Waals surface area contributed by atoms with Gasteiger partial charge in [-0.2, -0.15) is 11.8 Å². The van der Waals surface area contributed by atoms with Crippen molar-refractivity contribution in [3.8, 4) is 0 Å². The first-order chi connectivity index (χ1) is 6.49. The summed E-state index contributed by atoms with van der Waals surface area (Å²) < 4.78 is 0. The van der Waals surface area contributed by atoms with Crippen molar-refractivity contribution >= 4 is 23.6 Å². The molecule has 4 nitrogen and oxygen atoms in total. The van der Waals surface area contributed by atoms with E-state index in [1.165, 1.54) is 0 Å². The molecule has 0 aliphatic carbocycles. The van der Waals surface area contributed by atoms with E-state index >= 15 is 0 Å². The fourth-order valence-corrected chi connectivity index (χ4v) is 1.40. The zero-order valence-corrected chi connectivity index (χ0v) is 9.69. The predicted molar refractivity (Wildman–Crippen MR) is 59.0 cm³/mol. The van der Waals surface area contributed by atoms with Crippen LogP contribution in [0.2, 0.25) is 0 Å². The third-order valence-corrected chi connectivity index (χ3v) is 2.44. The van der Waals surface area contributed by atoms with Crippen molar-refractivity contribution in [2.45, 2.75) is 26.3 Å². The van der Waals surface area contributed by atoms with Crippen LogP contribution >= 0.6 is 11.8 Å². The SMILES string of the molecule is CSCCC(=O)N[C@@H](C(N)=O)C(C)C. The highest BCUT2D eigenvalue weighted by Crippen LogP contribution is 2.02. The van der Waals surface area contributed by atoms with Gasteiger partial charge in [-0.3, -0.25) is 9.59 Å². The standard InChI is InChI=1S/C9H18N2O2S/c1-6(2)8(9(10)13)11-7(12)4-5-14-3/h6,8H,4-5H2,1-3H3,(H2,10,13)(H,11,12)/t8-/m1/s1. The average Bonchev–Trinajstić information content (AvgIpc) is 2.09. The number of hydrogen-bond acceptors (Lipinski definition) is 3. The van der Waals surface area contributed by atoms with Gasteiger partial charge < -0.3 is 11.1 Å². The molecule has 5 heteroatoms. The van der Waals surface area contributed by atoms with Crippen molar-refractivity contribution in [1.82, 2.24) is 5.32 Å². The van der Waals surface area contributed by atoms with Crippen LogP contribution in [0.25, 0.3) is 0 Å². The molecule has 0 unspecified atom stereocenters. The molecule has 0 fully saturated rings. The molecule has 0 saturated heterocycles. The smallest absolute Gasteiger partial charge is 0.240 e. The third kappa shape index (κ3) is 5.11. The van der Waals surface area contributed by atoms with Crippen molar-refractivity contribution in [3.05, 3.63) is 0 Å². The number of carbonyl (C=O) groups excluding carboxylic acids is 2. The van der Waals surface area contributed by atoms with E-state index in [2.05, 4.69) is 5.32 Å². The second-order valence-electron chi connectivity index (χ2n) is 3.43. The topological polar surface area (TPSA) is 72.2 Å². The molecule has 0 radical (unpaired) electrons. The Morgan fingerprint density at radius 3 is 2.36 bits per heavy atom. The Morgan fingerprint density at radius 2 is 2.00 bits per heavy atom. The van der Waals surface area contributed by atoms with Crippen molar-refractivity contribution in [2.24, 2.45) is 11.7 Å². The van der Waals surface area contributed by atoms with Crippen LogP contribution in [0.15, 0.2) is 0 Å². The fraction of sp³-hybridized carbons (Fsp3) is 0.778. The molecule has 82 valence electrons. The highest BCUT2D eigenvalue weighted by Gasteiger charge is 2.20. The first-order valence-electron chi connectivity index (χ1n) is 4.56. The van der Waals surface area contributed by atoms with Crippen LogP contribution in [0.1, 0.15) is 20.3 Å². The van der Waals surface area contributed by atoms with Gasteiger partial charge in [-0.15, -0.1) is 0 Å². The fourth-order valence-electron chi connectivity index (χ4n) is 1.01. The zero-order valence-electron chi connectivity index (χ0n) is 8.87. The number of nitrogens with two attached hydrogens (primary N) is 1. The third-order valence-electron chi connectivity index (χ3n) is 1.82. The Balaban J connectivity index is 4.04. The average molecular weight is 218 g/mol. The van der Waals surface area contributed by atoms with E-state index in [0.717, 1.165) is 5.75 Å². The largest absolute Gasteiger partial charge is 0.368 e. The maximum atomic E-state index is 11.3. The summed E-state index contributed by atoms with van der Waals surface area (Å²) in [5.41, 5.74) is 5.16. The Bertz CT molecular complexity index is 207. The van der Waals surface area contributed by atoms with Crippen LogP contribution in [0.3, 0.4) is 0 Å². The minimum Gasteiger partial charge on any atom is -0.368 e. The Hall–Kier alpha value is -0.710. The summed E-state index contributed by atoms with van der Waals surface area (Å²) in [5.74, 6) is 0.204. The highest BCUT2D eigenvalue weighted by molar-refractivity contribution is 7.98. The first kappa shape index (κ1) is 13.3. The molecular formula is C9H18N2O2S. The van der Waals surface area contributed by atoms with Gasteiger partial charge in [0.15, 0.2) is 0 Å². The van der Waals surface area contributed by atoms with Gasteiger partial charge in [0.1, 0.15) is 6.04 Å². The van der Waals surface area contributed by atoms with E-state index < -0.39 is 11.9 Å². The molecule has 0 spiro atoms. The lowest BCUT2D eigenvalue weighted by molar-refractivity contribution is -0.128. The lowest BCUT2D eigenvalue weighted by atomic mass is 10.0. The maximum absolute atomic E-state index is 11.3. The van der Waals surface area contributed by atoms with Crippen molar-refractivity contribution < 1.29 is 9.59 Å². The van der Waals surface area contributed by atoms with Crippen LogP contribution < -0.4 is 11.1 Å². The van der Waals surface area contributed by atoms with Crippen LogP contribution in [0.4, 0.5) is 0 Å². The minimum atomic E-state index is -0.552. The molecule has 0 aliphatic heterocycles. The second-order valence-corrected chi connectivity index (χ2v) is 4.42. The van der Waals surface area contributed by atoms with Crippen LogP contribution in [-0.4, -0.2) is 29.9 Å². The van der Waals surface area contributed by atoms with Gasteiger partial charge in [0.2, 0.25) is 11.8 Å². The molecule has 3 N–H and O–H groups in total. The van der Waals surface area contributed by atoms with E-state index in [1.54, 1.807) is 11.8 Å². The zero-order chi connectivity index (χ0) is 11.1. The van der Waals surface area contributed by atoms with Crippen molar-refractivity contribution in [2.75, 3.05) is 12.0 Å². The summed E-state index contributed by atoms with van der Waals surface area (Å²) in [5, 5.41) is 2.62. The van der Waals surface area contributed by atoms with Gasteiger partial charge in [-0.25, -0.2) is 0 Å². The van der Waals surface area contributed by atoms with Gasteiger partial charge >= 0.3 is 0 Å². The monoisotopic (exact) mass is 218 g/mol. The maximum Gasteiger partial charge on any atom is 0.240 e. The van der Waals surface area contributed by atoms with E-state index in [4.69, 9.17) is 5.73 Å². The molecule has 1 atom stereocenters. The quantitative estimate of drug-likeness (QED) is 0.676. The molecule has 0 saturated carbocycles. The molecule has 0 aliphatic rings. The van der Waals surface area contributed by atoms with Crippen LogP contribution in [-0.2, 0) is 9.59 Å². The Morgan fingerprint density at radius 1 is 1.43 bits per heavy atom. The summed E-state index contributed by atoms with van der Waals surface area (Å²) in [6.45, 7) is 3.70. The first-order valence-corrected chi connectivity index (χ1v) is 5.96. The summed E-state index contributed by atoms with van der Waals surface area (Å²) in [6.07, 6.45) is 2.36. The number of amides is 2. The lowest BCUT2D eigenvalue weighted by Crippen LogP contribution is -2.47. The summed E-state index contributed by atoms with van der Waals surface area (Å²) in [7, 11) is 0. The highest BCUT2D eigenvalue weighted by atomic mass is 32.2. The van der Waals surface area contributed by atoms with Gasteiger partial charge in [-0.05, 0) is 12.2 Å². The van der Waals surface area contributed by atoms with Gasteiger partial charge in [0.05, 0.1) is 0 Å². The molecule has 0 rings (SSSR count). The summed E-state index contributed by atoms with van der Waals surface area (Å²) in [6, 6.07) is -0.552.